The molecule has 94 valence electrons. The molecular weight excluding hydrogens is 212 g/mol. The zero-order valence-corrected chi connectivity index (χ0v) is 10.2. The first-order chi connectivity index (χ1) is 7.34. The summed E-state index contributed by atoms with van der Waals surface area (Å²) in [4.78, 5) is 22.6. The summed E-state index contributed by atoms with van der Waals surface area (Å²) in [6.07, 6.45) is 0. The number of carbonyl (C=O) groups is 2. The Labute approximate surface area is 95.5 Å². The molecule has 3 N–H and O–H groups in total. The number of ether oxygens (including phenoxy) is 2. The molecule has 0 rings (SSSR count). The Hall–Kier alpha value is -1.14. The maximum atomic E-state index is 11.4. The first-order valence-corrected chi connectivity index (χ1v) is 5.09. The van der Waals surface area contributed by atoms with Crippen LogP contribution < -0.4 is 11.1 Å². The van der Waals surface area contributed by atoms with E-state index in [1.54, 1.807) is 6.92 Å². The zero-order chi connectivity index (χ0) is 12.8. The number of carbonyl (C=O) groups excluding carboxylic acids is 2. The van der Waals surface area contributed by atoms with Crippen molar-refractivity contribution in [1.29, 1.82) is 0 Å². The molecule has 1 unspecified atom stereocenters. The molecule has 1 atom stereocenters. The molecule has 6 nitrogen and oxygen atoms in total. The highest BCUT2D eigenvalue weighted by Crippen LogP contribution is 2.04. The SMILES string of the molecule is CCOC(=O)C(N)C(=O)NCC(C)(C)OC. The van der Waals surface area contributed by atoms with Gasteiger partial charge in [0.1, 0.15) is 0 Å². The van der Waals surface area contributed by atoms with Crippen molar-refractivity contribution in [2.24, 2.45) is 5.73 Å². The number of nitrogens with two attached hydrogens (primary N) is 1. The fraction of sp³-hybridized carbons (Fsp3) is 0.800. The van der Waals surface area contributed by atoms with Gasteiger partial charge in [-0.15, -0.1) is 0 Å². The Kier molecular flexibility index (Phi) is 5.98. The summed E-state index contributed by atoms with van der Waals surface area (Å²) in [6, 6.07) is -1.28. The molecule has 0 fully saturated rings. The van der Waals surface area contributed by atoms with Crippen LogP contribution in [-0.4, -0.2) is 43.8 Å². The van der Waals surface area contributed by atoms with E-state index in [0.717, 1.165) is 0 Å². The minimum atomic E-state index is -1.28. The highest BCUT2D eigenvalue weighted by atomic mass is 16.5. The molecule has 0 saturated carbocycles. The Bertz CT molecular complexity index is 253. The van der Waals surface area contributed by atoms with Gasteiger partial charge < -0.3 is 20.5 Å². The normalized spacial score (nSPS) is 13.1. The van der Waals surface area contributed by atoms with E-state index in [1.165, 1.54) is 7.11 Å². The van der Waals surface area contributed by atoms with Gasteiger partial charge in [-0.05, 0) is 20.8 Å². The van der Waals surface area contributed by atoms with Gasteiger partial charge in [0.25, 0.3) is 0 Å². The smallest absolute Gasteiger partial charge is 0.332 e. The molecule has 0 saturated heterocycles. The third-order valence-electron chi connectivity index (χ3n) is 2.06. The molecule has 0 aromatic heterocycles. The van der Waals surface area contributed by atoms with Crippen LogP contribution in [0, 0.1) is 0 Å². The molecular formula is C10H20N2O4. The largest absolute Gasteiger partial charge is 0.464 e. The summed E-state index contributed by atoms with van der Waals surface area (Å²) in [5, 5.41) is 2.52. The number of methoxy groups -OCH3 is 1. The van der Waals surface area contributed by atoms with Gasteiger partial charge in [-0.1, -0.05) is 0 Å². The van der Waals surface area contributed by atoms with Crippen molar-refractivity contribution in [3.05, 3.63) is 0 Å². The molecule has 0 bridgehead atoms. The molecule has 0 radical (unpaired) electrons. The maximum Gasteiger partial charge on any atom is 0.332 e. The number of hydrogen-bond acceptors (Lipinski definition) is 5. The van der Waals surface area contributed by atoms with Crippen LogP contribution in [0.5, 0.6) is 0 Å². The quantitative estimate of drug-likeness (QED) is 0.472. The molecule has 6 heteroatoms. The van der Waals surface area contributed by atoms with Gasteiger partial charge in [0.15, 0.2) is 6.04 Å². The van der Waals surface area contributed by atoms with Crippen molar-refractivity contribution in [2.45, 2.75) is 32.4 Å². The van der Waals surface area contributed by atoms with Crippen LogP contribution >= 0.6 is 0 Å². The van der Waals surface area contributed by atoms with Gasteiger partial charge >= 0.3 is 5.97 Å². The van der Waals surface area contributed by atoms with Crippen molar-refractivity contribution in [2.75, 3.05) is 20.3 Å². The van der Waals surface area contributed by atoms with Crippen LogP contribution in [0.4, 0.5) is 0 Å². The third-order valence-corrected chi connectivity index (χ3v) is 2.06. The number of esters is 1. The van der Waals surface area contributed by atoms with E-state index in [-0.39, 0.29) is 13.2 Å². The molecule has 0 aliphatic heterocycles. The fourth-order valence-corrected chi connectivity index (χ4v) is 0.821. The lowest BCUT2D eigenvalue weighted by Gasteiger charge is -2.23. The fourth-order valence-electron chi connectivity index (χ4n) is 0.821. The van der Waals surface area contributed by atoms with E-state index in [9.17, 15) is 9.59 Å². The maximum absolute atomic E-state index is 11.4. The van der Waals surface area contributed by atoms with Crippen molar-refractivity contribution in [1.82, 2.24) is 5.32 Å². The lowest BCUT2D eigenvalue weighted by atomic mass is 10.1. The summed E-state index contributed by atoms with van der Waals surface area (Å²) in [5.74, 6) is -1.29. The van der Waals surface area contributed by atoms with Crippen LogP contribution in [0.25, 0.3) is 0 Å². The van der Waals surface area contributed by atoms with Gasteiger partial charge in [0.05, 0.1) is 12.2 Å². The van der Waals surface area contributed by atoms with Crippen LogP contribution in [-0.2, 0) is 19.1 Å². The third kappa shape index (κ3) is 5.09. The Morgan fingerprint density at radius 1 is 1.44 bits per heavy atom. The molecule has 0 spiro atoms. The summed E-state index contributed by atoms with van der Waals surface area (Å²) < 4.78 is 9.73. The Morgan fingerprint density at radius 2 is 2.00 bits per heavy atom. The number of hydrogen-bond donors (Lipinski definition) is 2. The minimum Gasteiger partial charge on any atom is -0.464 e. The van der Waals surface area contributed by atoms with E-state index in [0.29, 0.717) is 0 Å². The molecule has 1 amide bonds. The molecule has 0 aromatic rings. The average Bonchev–Trinajstić information content (AvgIpc) is 2.25. The lowest BCUT2D eigenvalue weighted by Crippen LogP contribution is -2.50. The molecule has 0 aromatic carbocycles. The van der Waals surface area contributed by atoms with Crippen molar-refractivity contribution in [3.63, 3.8) is 0 Å². The van der Waals surface area contributed by atoms with E-state index in [4.69, 9.17) is 10.5 Å². The monoisotopic (exact) mass is 232 g/mol. The van der Waals surface area contributed by atoms with Gasteiger partial charge in [-0.2, -0.15) is 0 Å². The first kappa shape index (κ1) is 14.9. The highest BCUT2D eigenvalue weighted by molar-refractivity contribution is 6.01. The summed E-state index contributed by atoms with van der Waals surface area (Å²) in [5.41, 5.74) is 4.89. The second-order valence-corrected chi connectivity index (χ2v) is 3.91. The van der Waals surface area contributed by atoms with Gasteiger partial charge in [-0.3, -0.25) is 4.79 Å². The molecule has 0 heterocycles. The van der Waals surface area contributed by atoms with Crippen molar-refractivity contribution in [3.8, 4) is 0 Å². The summed E-state index contributed by atoms with van der Waals surface area (Å²) in [7, 11) is 1.54. The van der Waals surface area contributed by atoms with E-state index in [2.05, 4.69) is 10.1 Å². The number of rotatable bonds is 6. The van der Waals surface area contributed by atoms with E-state index >= 15 is 0 Å². The second kappa shape index (κ2) is 6.44. The minimum absolute atomic E-state index is 0.198. The molecule has 0 aliphatic carbocycles. The van der Waals surface area contributed by atoms with Gasteiger partial charge in [0, 0.05) is 13.7 Å². The topological polar surface area (TPSA) is 90.7 Å². The standard InChI is InChI=1S/C10H20N2O4/c1-5-16-9(14)7(11)8(13)12-6-10(2,3)15-4/h7H,5-6,11H2,1-4H3,(H,12,13). The predicted molar refractivity (Wildman–Crippen MR) is 58.7 cm³/mol. The molecule has 16 heavy (non-hydrogen) atoms. The zero-order valence-electron chi connectivity index (χ0n) is 10.2. The summed E-state index contributed by atoms with van der Waals surface area (Å²) in [6.45, 7) is 5.74. The Morgan fingerprint density at radius 3 is 2.44 bits per heavy atom. The predicted octanol–water partition coefficient (Wildman–Crippen LogP) is -0.582. The van der Waals surface area contributed by atoms with Gasteiger partial charge in [0.2, 0.25) is 5.91 Å². The van der Waals surface area contributed by atoms with Crippen LogP contribution in [0.3, 0.4) is 0 Å². The molecule has 0 aliphatic rings. The average molecular weight is 232 g/mol. The van der Waals surface area contributed by atoms with Crippen LogP contribution in [0.15, 0.2) is 0 Å². The van der Waals surface area contributed by atoms with Crippen LogP contribution in [0.1, 0.15) is 20.8 Å². The van der Waals surface area contributed by atoms with Gasteiger partial charge in [-0.25, -0.2) is 4.79 Å². The highest BCUT2D eigenvalue weighted by Gasteiger charge is 2.25. The lowest BCUT2D eigenvalue weighted by molar-refractivity contribution is -0.148. The van der Waals surface area contributed by atoms with Crippen molar-refractivity contribution < 1.29 is 19.1 Å². The number of nitrogens with one attached hydrogen (secondary N) is 1. The Balaban J connectivity index is 4.11. The van der Waals surface area contributed by atoms with E-state index < -0.39 is 23.5 Å². The summed E-state index contributed by atoms with van der Waals surface area (Å²) >= 11 is 0. The second-order valence-electron chi connectivity index (χ2n) is 3.91. The van der Waals surface area contributed by atoms with Crippen molar-refractivity contribution >= 4 is 11.9 Å². The van der Waals surface area contributed by atoms with Crippen LogP contribution in [0.2, 0.25) is 0 Å². The number of amides is 1. The first-order valence-electron chi connectivity index (χ1n) is 5.09. The van der Waals surface area contributed by atoms with E-state index in [1.807, 2.05) is 13.8 Å².